The topological polar surface area (TPSA) is 78.9 Å². The van der Waals surface area contributed by atoms with Gasteiger partial charge in [0.05, 0.1) is 0 Å². The van der Waals surface area contributed by atoms with Gasteiger partial charge in [0.15, 0.2) is 6.10 Å². The van der Waals surface area contributed by atoms with Crippen molar-refractivity contribution in [1.82, 2.24) is 0 Å². The van der Waals surface area contributed by atoms with E-state index in [1.807, 2.05) is 12.2 Å². The molecule has 0 aromatic rings. The van der Waals surface area contributed by atoms with Crippen molar-refractivity contribution in [1.29, 1.82) is 0 Å². The van der Waals surface area contributed by atoms with Gasteiger partial charge in [-0.05, 0) is 109 Å². The Bertz CT molecular complexity index is 1360. The minimum atomic E-state index is -0.820. The SMILES string of the molecule is CC/C=C\C/C=C\C/C=C\C/C=C\C/C=C\C/C=C\CCC(=O)OCC(COC(=O)CCCCCCC/C=C\C/C=C\CC)OC(=O)CCCCCCC/C=C\CCCCCCCCC. The molecule has 1 unspecified atom stereocenters. The summed E-state index contributed by atoms with van der Waals surface area (Å²) in [7, 11) is 0. The molecule has 6 heteroatoms. The van der Waals surface area contributed by atoms with Crippen molar-refractivity contribution in [2.45, 2.75) is 232 Å². The van der Waals surface area contributed by atoms with E-state index in [2.05, 4.69) is 118 Å². The van der Waals surface area contributed by atoms with E-state index in [4.69, 9.17) is 14.2 Å². The molecule has 0 heterocycles. The number of unbranched alkanes of at least 4 members (excludes halogenated alkanes) is 17. The van der Waals surface area contributed by atoms with Crippen molar-refractivity contribution in [2.75, 3.05) is 13.2 Å². The van der Waals surface area contributed by atoms with Gasteiger partial charge in [-0.3, -0.25) is 14.4 Å². The van der Waals surface area contributed by atoms with E-state index in [-0.39, 0.29) is 37.5 Å². The zero-order valence-electron chi connectivity index (χ0n) is 42.0. The molecule has 6 nitrogen and oxygen atoms in total. The summed E-state index contributed by atoms with van der Waals surface area (Å²) in [6.07, 6.45) is 70.9. The van der Waals surface area contributed by atoms with Gasteiger partial charge < -0.3 is 14.2 Å². The molecule has 1 atom stereocenters. The van der Waals surface area contributed by atoms with Crippen molar-refractivity contribution in [2.24, 2.45) is 0 Å². The first kappa shape index (κ1) is 61.1. The van der Waals surface area contributed by atoms with Gasteiger partial charge in [0, 0.05) is 19.3 Å². The maximum atomic E-state index is 12.8. The number of allylic oxidation sites excluding steroid dienone is 18. The number of rotatable bonds is 46. The third-order valence-corrected chi connectivity index (χ3v) is 10.8. The van der Waals surface area contributed by atoms with E-state index < -0.39 is 6.10 Å². The normalized spacial score (nSPS) is 13.0. The number of esters is 3. The lowest BCUT2D eigenvalue weighted by Gasteiger charge is -2.18. The van der Waals surface area contributed by atoms with Crippen molar-refractivity contribution in [3.05, 3.63) is 109 Å². The van der Waals surface area contributed by atoms with Gasteiger partial charge in [-0.25, -0.2) is 0 Å². The lowest BCUT2D eigenvalue weighted by atomic mass is 10.1. The molecule has 0 aliphatic carbocycles. The first-order valence-corrected chi connectivity index (χ1v) is 26.4. The third-order valence-electron chi connectivity index (χ3n) is 10.8. The zero-order valence-corrected chi connectivity index (χ0v) is 42.0. The monoisotopic (exact) mass is 901 g/mol. The number of carbonyl (C=O) groups excluding carboxylic acids is 3. The van der Waals surface area contributed by atoms with Crippen LogP contribution in [-0.2, 0) is 28.6 Å². The van der Waals surface area contributed by atoms with Crippen LogP contribution in [0, 0.1) is 0 Å². The van der Waals surface area contributed by atoms with Crippen LogP contribution in [0.2, 0.25) is 0 Å². The van der Waals surface area contributed by atoms with Gasteiger partial charge in [0.2, 0.25) is 0 Å². The summed E-state index contributed by atoms with van der Waals surface area (Å²) < 4.78 is 16.7. The number of ether oxygens (including phenoxy) is 3. The summed E-state index contributed by atoms with van der Waals surface area (Å²) in [5.41, 5.74) is 0. The molecule has 65 heavy (non-hydrogen) atoms. The average Bonchev–Trinajstić information content (AvgIpc) is 3.30. The van der Waals surface area contributed by atoms with E-state index >= 15 is 0 Å². The van der Waals surface area contributed by atoms with Crippen LogP contribution in [0.4, 0.5) is 0 Å². The quantitative estimate of drug-likeness (QED) is 0.0262. The Kier molecular flexibility index (Phi) is 49.5. The van der Waals surface area contributed by atoms with Crippen LogP contribution in [0.3, 0.4) is 0 Å². The molecule has 0 rings (SSSR count). The average molecular weight is 901 g/mol. The molecule has 0 amide bonds. The van der Waals surface area contributed by atoms with E-state index in [9.17, 15) is 14.4 Å². The lowest BCUT2D eigenvalue weighted by Crippen LogP contribution is -2.30. The minimum Gasteiger partial charge on any atom is -0.462 e. The first-order chi connectivity index (χ1) is 32.0. The second-order valence-corrected chi connectivity index (χ2v) is 17.0. The molecule has 0 aromatic carbocycles. The Morgan fingerprint density at radius 3 is 1.05 bits per heavy atom. The molecule has 0 aromatic heterocycles. The molecule has 0 aliphatic rings. The van der Waals surface area contributed by atoms with Crippen LogP contribution < -0.4 is 0 Å². The molecule has 0 spiro atoms. The highest BCUT2D eigenvalue weighted by Crippen LogP contribution is 2.13. The second-order valence-electron chi connectivity index (χ2n) is 17.0. The number of carbonyl (C=O) groups is 3. The summed E-state index contributed by atoms with van der Waals surface area (Å²) in [6, 6.07) is 0. The van der Waals surface area contributed by atoms with Crippen molar-refractivity contribution in [3.8, 4) is 0 Å². The van der Waals surface area contributed by atoms with Gasteiger partial charge >= 0.3 is 17.9 Å². The van der Waals surface area contributed by atoms with Gasteiger partial charge in [-0.2, -0.15) is 0 Å². The zero-order chi connectivity index (χ0) is 47.2. The smallest absolute Gasteiger partial charge is 0.306 e. The van der Waals surface area contributed by atoms with Crippen LogP contribution in [0.15, 0.2) is 109 Å². The predicted molar refractivity (Wildman–Crippen MR) is 279 cm³/mol. The van der Waals surface area contributed by atoms with Crippen molar-refractivity contribution in [3.63, 3.8) is 0 Å². The summed E-state index contributed by atoms with van der Waals surface area (Å²) in [5, 5.41) is 0. The van der Waals surface area contributed by atoms with E-state index in [0.717, 1.165) is 122 Å². The Labute approximate surface area is 400 Å². The maximum absolute atomic E-state index is 12.8. The van der Waals surface area contributed by atoms with Crippen LogP contribution in [0.1, 0.15) is 226 Å². The highest BCUT2D eigenvalue weighted by atomic mass is 16.6. The molecule has 0 saturated carbocycles. The fraction of sp³-hybridized carbons (Fsp3) is 0.644. The molecule has 0 radical (unpaired) electrons. The molecule has 0 fully saturated rings. The van der Waals surface area contributed by atoms with E-state index in [1.54, 1.807) is 0 Å². The molecule has 0 N–H and O–H groups in total. The summed E-state index contributed by atoms with van der Waals surface area (Å²) in [6.45, 7) is 6.32. The van der Waals surface area contributed by atoms with Gasteiger partial charge in [0.25, 0.3) is 0 Å². The fourth-order valence-corrected chi connectivity index (χ4v) is 6.85. The number of hydrogen-bond acceptors (Lipinski definition) is 6. The molecule has 0 bridgehead atoms. The second kappa shape index (κ2) is 52.7. The van der Waals surface area contributed by atoms with Crippen molar-refractivity contribution >= 4 is 17.9 Å². The molecular formula is C59H96O6. The fourth-order valence-electron chi connectivity index (χ4n) is 6.85. The first-order valence-electron chi connectivity index (χ1n) is 26.4. The maximum Gasteiger partial charge on any atom is 0.306 e. The summed E-state index contributed by atoms with van der Waals surface area (Å²) >= 11 is 0. The van der Waals surface area contributed by atoms with Crippen LogP contribution >= 0.6 is 0 Å². The highest BCUT2D eigenvalue weighted by Gasteiger charge is 2.19. The van der Waals surface area contributed by atoms with Crippen LogP contribution in [-0.4, -0.2) is 37.2 Å². The number of hydrogen-bond donors (Lipinski definition) is 0. The van der Waals surface area contributed by atoms with Crippen LogP contribution in [0.25, 0.3) is 0 Å². The molecular weight excluding hydrogens is 805 g/mol. The molecule has 0 saturated heterocycles. The van der Waals surface area contributed by atoms with E-state index in [1.165, 1.54) is 57.8 Å². The predicted octanol–water partition coefficient (Wildman–Crippen LogP) is 17.5. The van der Waals surface area contributed by atoms with Crippen molar-refractivity contribution < 1.29 is 28.6 Å². The minimum absolute atomic E-state index is 0.114. The molecule has 0 aliphatic heterocycles. The largest absolute Gasteiger partial charge is 0.462 e. The highest BCUT2D eigenvalue weighted by molar-refractivity contribution is 5.71. The Morgan fingerprint density at radius 2 is 0.631 bits per heavy atom. The third kappa shape index (κ3) is 50.9. The summed E-state index contributed by atoms with van der Waals surface area (Å²) in [4.78, 5) is 38.0. The van der Waals surface area contributed by atoms with Crippen LogP contribution in [0.5, 0.6) is 0 Å². The molecule has 368 valence electrons. The Morgan fingerprint density at radius 1 is 0.323 bits per heavy atom. The lowest BCUT2D eigenvalue weighted by molar-refractivity contribution is -0.166. The van der Waals surface area contributed by atoms with Gasteiger partial charge in [-0.15, -0.1) is 0 Å². The summed E-state index contributed by atoms with van der Waals surface area (Å²) in [5.74, 6) is -1.03. The van der Waals surface area contributed by atoms with Gasteiger partial charge in [0.1, 0.15) is 13.2 Å². The Balaban J connectivity index is 4.53. The standard InChI is InChI=1S/C59H96O6/c1-4-7-10-13-16-19-22-25-27-29-30-31-33-34-37-40-43-46-49-52-58(61)64-55-56(54-63-57(60)51-48-45-42-39-36-24-21-18-15-12-9-6-3)65-59(62)53-50-47-44-41-38-35-32-28-26-23-20-17-14-11-8-5-2/h7,9-10,12,16,18-19,21,25,27-28,30-32,34,37,43,46,56H,4-6,8,11,13-15,17,20,22-24,26,29,33,35-36,38-42,44-45,47-55H2,1-3H3/b10-7-,12-9-,19-16-,21-18-,27-25-,31-30-,32-28-,37-34-,46-43-. The van der Waals surface area contributed by atoms with Gasteiger partial charge in [-0.1, -0.05) is 207 Å². The van der Waals surface area contributed by atoms with E-state index in [0.29, 0.717) is 19.3 Å². The Hall–Kier alpha value is -3.93.